The van der Waals surface area contributed by atoms with Crippen molar-refractivity contribution in [2.45, 2.75) is 62.0 Å². The summed E-state index contributed by atoms with van der Waals surface area (Å²) in [6.07, 6.45) is 8.64. The van der Waals surface area contributed by atoms with Gasteiger partial charge in [0.1, 0.15) is 0 Å². The van der Waals surface area contributed by atoms with Crippen molar-refractivity contribution >= 4 is 17.7 Å². The van der Waals surface area contributed by atoms with Crippen molar-refractivity contribution in [2.75, 3.05) is 0 Å². The molecule has 1 aliphatic carbocycles. The molecule has 2 aromatic heterocycles. The lowest BCUT2D eigenvalue weighted by atomic mass is 10.1. The monoisotopic (exact) mass is 335 g/mol. The predicted molar refractivity (Wildman–Crippen MR) is 87.0 cm³/mol. The van der Waals surface area contributed by atoms with Crippen LogP contribution in [0.4, 0.5) is 0 Å². The number of nitrogens with zero attached hydrogens (tertiary/aromatic N) is 2. The Labute approximate surface area is 139 Å². The largest absolute Gasteiger partial charge is 0.459 e. The second kappa shape index (κ2) is 7.68. The van der Waals surface area contributed by atoms with E-state index in [0.29, 0.717) is 22.9 Å². The second-order valence-corrected chi connectivity index (χ2v) is 7.10. The third kappa shape index (κ3) is 4.37. The molecule has 0 radical (unpaired) electrons. The number of aromatic nitrogens is 2. The van der Waals surface area contributed by atoms with Gasteiger partial charge in [0.2, 0.25) is 5.91 Å². The van der Waals surface area contributed by atoms with Crippen LogP contribution in [-0.2, 0) is 4.79 Å². The molecule has 0 spiro atoms. The Balaban J connectivity index is 1.53. The molecule has 124 valence electrons. The van der Waals surface area contributed by atoms with E-state index in [9.17, 15) is 4.79 Å². The third-order valence-corrected chi connectivity index (χ3v) is 4.92. The fourth-order valence-corrected chi connectivity index (χ4v) is 3.40. The normalized spacial score (nSPS) is 17.6. The van der Waals surface area contributed by atoms with Gasteiger partial charge in [0.25, 0.3) is 11.1 Å². The summed E-state index contributed by atoms with van der Waals surface area (Å²) in [6.45, 7) is 1.85. The number of hydrogen-bond donors (Lipinski definition) is 1. The number of hydrogen-bond acceptors (Lipinski definition) is 6. The van der Waals surface area contributed by atoms with Gasteiger partial charge < -0.3 is 14.2 Å². The van der Waals surface area contributed by atoms with Crippen molar-refractivity contribution in [3.05, 3.63) is 18.4 Å². The van der Waals surface area contributed by atoms with Gasteiger partial charge in [-0.3, -0.25) is 4.79 Å². The summed E-state index contributed by atoms with van der Waals surface area (Å²) in [5.74, 6) is 0.883. The first-order valence-electron chi connectivity index (χ1n) is 8.07. The molecule has 2 aromatic rings. The van der Waals surface area contributed by atoms with Crippen molar-refractivity contribution < 1.29 is 13.6 Å². The minimum Gasteiger partial charge on any atom is -0.459 e. The zero-order chi connectivity index (χ0) is 16.1. The highest BCUT2D eigenvalue weighted by Crippen LogP contribution is 2.26. The minimum absolute atomic E-state index is 0.0275. The number of nitrogens with one attached hydrogen (secondary N) is 1. The first-order valence-corrected chi connectivity index (χ1v) is 8.95. The maximum atomic E-state index is 12.3. The molecular formula is C16H21N3O3S. The van der Waals surface area contributed by atoms with Crippen LogP contribution in [0, 0.1) is 0 Å². The van der Waals surface area contributed by atoms with Crippen molar-refractivity contribution in [1.29, 1.82) is 0 Å². The van der Waals surface area contributed by atoms with E-state index in [0.717, 1.165) is 12.8 Å². The van der Waals surface area contributed by atoms with Gasteiger partial charge >= 0.3 is 0 Å². The van der Waals surface area contributed by atoms with Gasteiger partial charge in [0.05, 0.1) is 11.5 Å². The zero-order valence-corrected chi connectivity index (χ0v) is 14.0. The van der Waals surface area contributed by atoms with Crippen LogP contribution < -0.4 is 5.32 Å². The summed E-state index contributed by atoms with van der Waals surface area (Å²) in [7, 11) is 0. The molecule has 1 saturated carbocycles. The van der Waals surface area contributed by atoms with Crippen LogP contribution in [0.3, 0.4) is 0 Å². The van der Waals surface area contributed by atoms with E-state index in [1.165, 1.54) is 37.4 Å². The maximum absolute atomic E-state index is 12.3. The number of furan rings is 1. The molecule has 6 nitrogen and oxygen atoms in total. The van der Waals surface area contributed by atoms with Gasteiger partial charge in [-0.25, -0.2) is 0 Å². The fourth-order valence-electron chi connectivity index (χ4n) is 2.70. The summed E-state index contributed by atoms with van der Waals surface area (Å²) in [5.41, 5.74) is 0. The van der Waals surface area contributed by atoms with Crippen LogP contribution in [0.5, 0.6) is 0 Å². The van der Waals surface area contributed by atoms with E-state index in [4.69, 9.17) is 8.83 Å². The van der Waals surface area contributed by atoms with E-state index < -0.39 is 0 Å². The number of carbonyl (C=O) groups excluding carboxylic acids is 1. The number of thioether (sulfide) groups is 1. The number of carbonyl (C=O) groups is 1. The van der Waals surface area contributed by atoms with Gasteiger partial charge in [-0.1, -0.05) is 37.4 Å². The molecular weight excluding hydrogens is 314 g/mol. The SMILES string of the molecule is CC(Sc1nnc(-c2ccco2)o1)C(=O)NC1CCCCCC1. The maximum Gasteiger partial charge on any atom is 0.284 e. The molecule has 7 heteroatoms. The van der Waals surface area contributed by atoms with E-state index >= 15 is 0 Å². The van der Waals surface area contributed by atoms with Crippen molar-refractivity contribution in [3.63, 3.8) is 0 Å². The molecule has 1 fully saturated rings. The van der Waals surface area contributed by atoms with E-state index in [1.807, 2.05) is 6.92 Å². The smallest absolute Gasteiger partial charge is 0.284 e. The quantitative estimate of drug-likeness (QED) is 0.663. The summed E-state index contributed by atoms with van der Waals surface area (Å²) in [6, 6.07) is 3.81. The number of amides is 1. The predicted octanol–water partition coefficient (Wildman–Crippen LogP) is 3.65. The van der Waals surface area contributed by atoms with Crippen LogP contribution >= 0.6 is 11.8 Å². The third-order valence-electron chi connectivity index (χ3n) is 3.99. The van der Waals surface area contributed by atoms with Crippen LogP contribution in [0.25, 0.3) is 11.7 Å². The van der Waals surface area contributed by atoms with Crippen molar-refractivity contribution in [3.8, 4) is 11.7 Å². The van der Waals surface area contributed by atoms with E-state index in [2.05, 4.69) is 15.5 Å². The fraction of sp³-hybridized carbons (Fsp3) is 0.562. The molecule has 1 N–H and O–H groups in total. The standard InChI is InChI=1S/C16H21N3O3S/c1-11(14(20)17-12-7-4-2-3-5-8-12)23-16-19-18-15(22-16)13-9-6-10-21-13/h6,9-12H,2-5,7-8H2,1H3,(H,17,20). The highest BCUT2D eigenvalue weighted by atomic mass is 32.2. The van der Waals surface area contributed by atoms with E-state index in [1.54, 1.807) is 18.4 Å². The van der Waals surface area contributed by atoms with Gasteiger partial charge in [0.15, 0.2) is 5.76 Å². The lowest BCUT2D eigenvalue weighted by molar-refractivity contribution is -0.121. The van der Waals surface area contributed by atoms with Gasteiger partial charge in [0, 0.05) is 6.04 Å². The van der Waals surface area contributed by atoms with Crippen LogP contribution in [-0.4, -0.2) is 27.4 Å². The topological polar surface area (TPSA) is 81.2 Å². The minimum atomic E-state index is -0.275. The van der Waals surface area contributed by atoms with Crippen LogP contribution in [0.1, 0.15) is 45.4 Å². The Hall–Kier alpha value is -1.76. The van der Waals surface area contributed by atoms with Crippen molar-refractivity contribution in [2.24, 2.45) is 0 Å². The second-order valence-electron chi connectivity index (χ2n) is 5.81. The Kier molecular flexibility index (Phi) is 5.38. The molecule has 3 rings (SSSR count). The lowest BCUT2D eigenvalue weighted by Gasteiger charge is -2.18. The van der Waals surface area contributed by atoms with E-state index in [-0.39, 0.29) is 11.2 Å². The number of rotatable bonds is 5. The van der Waals surface area contributed by atoms with Gasteiger partial charge in [-0.15, -0.1) is 10.2 Å². The average Bonchev–Trinajstić information content (AvgIpc) is 3.16. The molecule has 1 amide bonds. The van der Waals surface area contributed by atoms with Crippen molar-refractivity contribution in [1.82, 2.24) is 15.5 Å². The molecule has 0 bridgehead atoms. The molecule has 0 aliphatic heterocycles. The first kappa shape index (κ1) is 16.1. The van der Waals surface area contributed by atoms with Gasteiger partial charge in [-0.2, -0.15) is 0 Å². The molecule has 0 saturated heterocycles. The highest BCUT2D eigenvalue weighted by Gasteiger charge is 2.22. The Morgan fingerprint density at radius 3 is 2.78 bits per heavy atom. The average molecular weight is 335 g/mol. The Morgan fingerprint density at radius 1 is 1.30 bits per heavy atom. The molecule has 23 heavy (non-hydrogen) atoms. The van der Waals surface area contributed by atoms with Crippen LogP contribution in [0.15, 0.2) is 32.5 Å². The molecule has 1 atom stereocenters. The highest BCUT2D eigenvalue weighted by molar-refractivity contribution is 8.00. The molecule has 1 aliphatic rings. The first-order chi connectivity index (χ1) is 11.2. The Morgan fingerprint density at radius 2 is 2.09 bits per heavy atom. The Bertz CT molecular complexity index is 618. The molecule has 0 aromatic carbocycles. The van der Waals surface area contributed by atoms with Crippen LogP contribution in [0.2, 0.25) is 0 Å². The molecule has 1 unspecified atom stereocenters. The molecule has 2 heterocycles. The summed E-state index contributed by atoms with van der Waals surface area (Å²) >= 11 is 1.27. The zero-order valence-electron chi connectivity index (χ0n) is 13.2. The lowest BCUT2D eigenvalue weighted by Crippen LogP contribution is -2.39. The van der Waals surface area contributed by atoms with Gasteiger partial charge in [-0.05, 0) is 31.9 Å². The summed E-state index contributed by atoms with van der Waals surface area (Å²) in [4.78, 5) is 12.3. The summed E-state index contributed by atoms with van der Waals surface area (Å²) in [5, 5.41) is 11.1. The summed E-state index contributed by atoms with van der Waals surface area (Å²) < 4.78 is 10.7.